The summed E-state index contributed by atoms with van der Waals surface area (Å²) in [7, 11) is 1.55. The van der Waals surface area contributed by atoms with Crippen LogP contribution in [0.2, 0.25) is 0 Å². The number of carbonyl (C=O) groups is 2. The summed E-state index contributed by atoms with van der Waals surface area (Å²) in [6.45, 7) is 2.25. The molecule has 0 aliphatic heterocycles. The van der Waals surface area contributed by atoms with Gasteiger partial charge in [-0.3, -0.25) is 14.4 Å². The molecule has 2 N–H and O–H groups in total. The minimum absolute atomic E-state index is 0.00797. The number of likely N-dealkylation sites (N-methyl/N-ethyl adjacent to an activating group) is 1. The SMILES string of the molecule is CCNC(=O)CNC(=O)Cc1nn(C)c(=O)c2ccccc12. The summed E-state index contributed by atoms with van der Waals surface area (Å²) in [5.74, 6) is -0.559. The van der Waals surface area contributed by atoms with Crippen LogP contribution in [0.5, 0.6) is 0 Å². The molecule has 7 heteroatoms. The summed E-state index contributed by atoms with van der Waals surface area (Å²) in [6, 6.07) is 7.02. The third-order valence-electron chi connectivity index (χ3n) is 3.18. The lowest BCUT2D eigenvalue weighted by atomic mass is 10.1. The smallest absolute Gasteiger partial charge is 0.274 e. The van der Waals surface area contributed by atoms with Crippen molar-refractivity contribution in [3.05, 3.63) is 40.3 Å². The molecule has 0 unspecified atom stereocenters. The van der Waals surface area contributed by atoms with Crippen LogP contribution in [-0.2, 0) is 23.1 Å². The molecule has 7 nitrogen and oxygen atoms in total. The van der Waals surface area contributed by atoms with Gasteiger partial charge in [0.15, 0.2) is 0 Å². The van der Waals surface area contributed by atoms with Crippen LogP contribution in [0, 0.1) is 0 Å². The molecule has 0 atom stereocenters. The molecule has 2 amide bonds. The molecule has 1 aromatic heterocycles. The zero-order chi connectivity index (χ0) is 16.1. The minimum atomic E-state index is -0.317. The van der Waals surface area contributed by atoms with Crippen molar-refractivity contribution in [2.24, 2.45) is 7.05 Å². The molecule has 116 valence electrons. The molecule has 0 spiro atoms. The molecule has 22 heavy (non-hydrogen) atoms. The van der Waals surface area contributed by atoms with Crippen LogP contribution < -0.4 is 16.2 Å². The van der Waals surface area contributed by atoms with Crippen LogP contribution in [0.15, 0.2) is 29.1 Å². The van der Waals surface area contributed by atoms with Gasteiger partial charge in [0.25, 0.3) is 5.56 Å². The fraction of sp³-hybridized carbons (Fsp3) is 0.333. The van der Waals surface area contributed by atoms with Crippen molar-refractivity contribution in [1.82, 2.24) is 20.4 Å². The van der Waals surface area contributed by atoms with E-state index in [0.717, 1.165) is 0 Å². The first-order valence-electron chi connectivity index (χ1n) is 7.01. The Kier molecular flexibility index (Phi) is 4.88. The average Bonchev–Trinajstić information content (AvgIpc) is 2.51. The molecule has 1 aromatic carbocycles. The number of rotatable bonds is 5. The van der Waals surface area contributed by atoms with Gasteiger partial charge in [-0.15, -0.1) is 0 Å². The largest absolute Gasteiger partial charge is 0.355 e. The lowest BCUT2D eigenvalue weighted by molar-refractivity contribution is -0.125. The number of benzene rings is 1. The second-order valence-electron chi connectivity index (χ2n) is 4.83. The number of carbonyl (C=O) groups excluding carboxylic acids is 2. The third kappa shape index (κ3) is 3.49. The average molecular weight is 302 g/mol. The number of hydrogen-bond donors (Lipinski definition) is 2. The van der Waals surface area contributed by atoms with E-state index in [1.807, 2.05) is 0 Å². The summed E-state index contributed by atoms with van der Waals surface area (Å²) in [6.07, 6.45) is 0.00797. The number of aromatic nitrogens is 2. The highest BCUT2D eigenvalue weighted by Gasteiger charge is 2.12. The van der Waals surface area contributed by atoms with Crippen LogP contribution >= 0.6 is 0 Å². The van der Waals surface area contributed by atoms with Gasteiger partial charge in [-0.1, -0.05) is 18.2 Å². The summed E-state index contributed by atoms with van der Waals surface area (Å²) < 4.78 is 1.22. The van der Waals surface area contributed by atoms with Crippen molar-refractivity contribution in [2.45, 2.75) is 13.3 Å². The monoisotopic (exact) mass is 302 g/mol. The van der Waals surface area contributed by atoms with Gasteiger partial charge < -0.3 is 10.6 Å². The van der Waals surface area contributed by atoms with Gasteiger partial charge in [-0.05, 0) is 13.0 Å². The maximum Gasteiger partial charge on any atom is 0.274 e. The second-order valence-corrected chi connectivity index (χ2v) is 4.83. The Balaban J connectivity index is 2.18. The molecular formula is C15H18N4O3. The number of nitrogens with zero attached hydrogens (tertiary/aromatic N) is 2. The molecular weight excluding hydrogens is 284 g/mol. The first-order chi connectivity index (χ1) is 10.5. The van der Waals surface area contributed by atoms with Gasteiger partial charge in [0.05, 0.1) is 24.0 Å². The summed E-state index contributed by atoms with van der Waals surface area (Å²) in [5.41, 5.74) is 0.299. The molecule has 0 bridgehead atoms. The highest BCUT2D eigenvalue weighted by molar-refractivity contribution is 5.90. The molecule has 2 aromatic rings. The van der Waals surface area contributed by atoms with Gasteiger partial charge in [-0.2, -0.15) is 5.10 Å². The van der Waals surface area contributed by atoms with Crippen molar-refractivity contribution in [2.75, 3.05) is 13.1 Å². The van der Waals surface area contributed by atoms with E-state index in [1.54, 1.807) is 38.2 Å². The van der Waals surface area contributed by atoms with Gasteiger partial charge >= 0.3 is 0 Å². The molecule has 0 saturated carbocycles. The van der Waals surface area contributed by atoms with Crippen molar-refractivity contribution < 1.29 is 9.59 Å². The number of nitrogens with one attached hydrogen (secondary N) is 2. The molecule has 0 fully saturated rings. The second kappa shape index (κ2) is 6.84. The Morgan fingerprint density at radius 1 is 1.14 bits per heavy atom. The van der Waals surface area contributed by atoms with Crippen LogP contribution in [0.4, 0.5) is 0 Å². The van der Waals surface area contributed by atoms with Crippen LogP contribution in [0.1, 0.15) is 12.6 Å². The van der Waals surface area contributed by atoms with E-state index >= 15 is 0 Å². The highest BCUT2D eigenvalue weighted by Crippen LogP contribution is 2.13. The summed E-state index contributed by atoms with van der Waals surface area (Å²) in [5, 5.41) is 10.5. The fourth-order valence-electron chi connectivity index (χ4n) is 2.16. The summed E-state index contributed by atoms with van der Waals surface area (Å²) >= 11 is 0. The first-order valence-corrected chi connectivity index (χ1v) is 7.01. The number of aryl methyl sites for hydroxylation is 1. The van der Waals surface area contributed by atoms with Gasteiger partial charge in [0.2, 0.25) is 11.8 Å². The summed E-state index contributed by atoms with van der Waals surface area (Å²) in [4.78, 5) is 35.3. The van der Waals surface area contributed by atoms with Gasteiger partial charge in [0, 0.05) is 19.0 Å². The van der Waals surface area contributed by atoms with Crippen molar-refractivity contribution in [3.8, 4) is 0 Å². The van der Waals surface area contributed by atoms with Crippen molar-refractivity contribution in [1.29, 1.82) is 0 Å². The Morgan fingerprint density at radius 3 is 2.50 bits per heavy atom. The number of amides is 2. The minimum Gasteiger partial charge on any atom is -0.355 e. The zero-order valence-electron chi connectivity index (χ0n) is 12.5. The lowest BCUT2D eigenvalue weighted by Gasteiger charge is -2.08. The number of hydrogen-bond acceptors (Lipinski definition) is 4. The molecule has 0 radical (unpaired) electrons. The van der Waals surface area contributed by atoms with Crippen molar-refractivity contribution >= 4 is 22.6 Å². The topological polar surface area (TPSA) is 93.1 Å². The van der Waals surface area contributed by atoms with Gasteiger partial charge in [-0.25, -0.2) is 4.68 Å². The first kappa shape index (κ1) is 15.7. The zero-order valence-corrected chi connectivity index (χ0v) is 12.5. The molecule has 2 rings (SSSR count). The van der Waals surface area contributed by atoms with E-state index < -0.39 is 0 Å². The molecule has 0 aliphatic rings. The predicted molar refractivity (Wildman–Crippen MR) is 82.4 cm³/mol. The molecule has 1 heterocycles. The van der Waals surface area contributed by atoms with Crippen LogP contribution in [0.3, 0.4) is 0 Å². The quantitative estimate of drug-likeness (QED) is 0.795. The third-order valence-corrected chi connectivity index (χ3v) is 3.18. The van der Waals surface area contributed by atoms with E-state index in [0.29, 0.717) is 23.0 Å². The van der Waals surface area contributed by atoms with E-state index in [-0.39, 0.29) is 30.3 Å². The van der Waals surface area contributed by atoms with Crippen molar-refractivity contribution in [3.63, 3.8) is 0 Å². The Bertz CT molecular complexity index is 767. The normalized spacial score (nSPS) is 10.5. The Labute approximate surface area is 127 Å². The Hall–Kier alpha value is -2.70. The van der Waals surface area contributed by atoms with E-state index in [1.165, 1.54) is 4.68 Å². The van der Waals surface area contributed by atoms with E-state index in [9.17, 15) is 14.4 Å². The van der Waals surface area contributed by atoms with E-state index in [4.69, 9.17) is 0 Å². The molecule has 0 saturated heterocycles. The van der Waals surface area contributed by atoms with Crippen LogP contribution in [0.25, 0.3) is 10.8 Å². The Morgan fingerprint density at radius 2 is 1.82 bits per heavy atom. The predicted octanol–water partition coefficient (Wildman–Crippen LogP) is -0.272. The standard InChI is InChI=1S/C15H18N4O3/c1-3-16-14(21)9-17-13(20)8-12-10-6-4-5-7-11(10)15(22)19(2)18-12/h4-7H,3,8-9H2,1-2H3,(H,16,21)(H,17,20). The number of fused-ring (bicyclic) bond motifs is 1. The van der Waals surface area contributed by atoms with Crippen LogP contribution in [-0.4, -0.2) is 34.7 Å². The van der Waals surface area contributed by atoms with E-state index in [2.05, 4.69) is 15.7 Å². The fourth-order valence-corrected chi connectivity index (χ4v) is 2.16. The highest BCUT2D eigenvalue weighted by atomic mass is 16.2. The maximum absolute atomic E-state index is 12.0. The lowest BCUT2D eigenvalue weighted by Crippen LogP contribution is -2.37. The maximum atomic E-state index is 12.0. The van der Waals surface area contributed by atoms with Gasteiger partial charge in [0.1, 0.15) is 0 Å². The molecule has 0 aliphatic carbocycles.